The molecule has 6 nitrogen and oxygen atoms in total. The van der Waals surface area contributed by atoms with Crippen LogP contribution >= 0.6 is 0 Å². The van der Waals surface area contributed by atoms with Gasteiger partial charge < -0.3 is 9.64 Å². The summed E-state index contributed by atoms with van der Waals surface area (Å²) in [6, 6.07) is 3.39. The van der Waals surface area contributed by atoms with Crippen LogP contribution in [0.5, 0.6) is 0 Å². The van der Waals surface area contributed by atoms with Crippen LogP contribution in [0.2, 0.25) is 0 Å². The zero-order chi connectivity index (χ0) is 16.3. The SMILES string of the molecule is COCCn1nc(C(=O)N(C2CC2)[C@H](C)C(C)C)ccc1=O. The highest BCUT2D eigenvalue weighted by molar-refractivity contribution is 5.92. The van der Waals surface area contributed by atoms with Gasteiger partial charge in [0.25, 0.3) is 11.5 Å². The second-order valence-corrected chi connectivity index (χ2v) is 6.20. The molecule has 1 heterocycles. The summed E-state index contributed by atoms with van der Waals surface area (Å²) in [4.78, 5) is 26.5. The number of carbonyl (C=O) groups excluding carboxylic acids is 1. The molecule has 1 aliphatic rings. The van der Waals surface area contributed by atoms with Gasteiger partial charge in [-0.15, -0.1) is 0 Å². The fourth-order valence-electron chi connectivity index (χ4n) is 2.39. The van der Waals surface area contributed by atoms with Crippen molar-refractivity contribution in [3.05, 3.63) is 28.2 Å². The highest BCUT2D eigenvalue weighted by atomic mass is 16.5. The Morgan fingerprint density at radius 2 is 2.09 bits per heavy atom. The highest BCUT2D eigenvalue weighted by Crippen LogP contribution is 2.31. The summed E-state index contributed by atoms with van der Waals surface area (Å²) in [6.07, 6.45) is 2.10. The summed E-state index contributed by atoms with van der Waals surface area (Å²) in [6.45, 7) is 7.03. The standard InChI is InChI=1S/C16H25N3O3/c1-11(2)12(3)19(13-5-6-13)16(21)14-7-8-15(20)18(17-14)9-10-22-4/h7-8,11-13H,5-6,9-10H2,1-4H3/t12-/m1/s1. The molecule has 1 atom stereocenters. The first-order valence-electron chi connectivity index (χ1n) is 7.85. The summed E-state index contributed by atoms with van der Waals surface area (Å²) in [5.74, 6) is 0.291. The Kier molecular flexibility index (Phi) is 5.34. The number of nitrogens with zero attached hydrogens (tertiary/aromatic N) is 3. The number of amides is 1. The molecular weight excluding hydrogens is 282 g/mol. The van der Waals surface area contributed by atoms with Crippen LogP contribution in [-0.2, 0) is 11.3 Å². The molecule has 1 fully saturated rings. The molecule has 0 radical (unpaired) electrons. The van der Waals surface area contributed by atoms with Crippen molar-refractivity contribution in [1.82, 2.24) is 14.7 Å². The second kappa shape index (κ2) is 7.05. The monoisotopic (exact) mass is 307 g/mol. The van der Waals surface area contributed by atoms with E-state index in [0.717, 1.165) is 12.8 Å². The molecule has 22 heavy (non-hydrogen) atoms. The van der Waals surface area contributed by atoms with Crippen molar-refractivity contribution in [1.29, 1.82) is 0 Å². The predicted molar refractivity (Wildman–Crippen MR) is 83.9 cm³/mol. The number of hydrogen-bond acceptors (Lipinski definition) is 4. The third-order valence-corrected chi connectivity index (χ3v) is 4.17. The normalized spacial score (nSPS) is 15.9. The first-order chi connectivity index (χ1) is 10.5. The van der Waals surface area contributed by atoms with Crippen molar-refractivity contribution in [2.45, 2.75) is 52.2 Å². The Bertz CT molecular complexity index is 578. The number of hydrogen-bond donors (Lipinski definition) is 0. The second-order valence-electron chi connectivity index (χ2n) is 6.20. The Balaban J connectivity index is 2.25. The van der Waals surface area contributed by atoms with Crippen molar-refractivity contribution in [2.75, 3.05) is 13.7 Å². The molecule has 1 aromatic heterocycles. The van der Waals surface area contributed by atoms with E-state index < -0.39 is 0 Å². The lowest BCUT2D eigenvalue weighted by Gasteiger charge is -2.31. The third kappa shape index (κ3) is 3.74. The van der Waals surface area contributed by atoms with Crippen LogP contribution in [0.3, 0.4) is 0 Å². The lowest BCUT2D eigenvalue weighted by atomic mass is 10.0. The summed E-state index contributed by atoms with van der Waals surface area (Å²) >= 11 is 0. The minimum absolute atomic E-state index is 0.0881. The van der Waals surface area contributed by atoms with Gasteiger partial charge >= 0.3 is 0 Å². The van der Waals surface area contributed by atoms with Crippen LogP contribution in [-0.4, -0.2) is 46.4 Å². The van der Waals surface area contributed by atoms with Crippen LogP contribution < -0.4 is 5.56 Å². The molecule has 0 aliphatic heterocycles. The zero-order valence-electron chi connectivity index (χ0n) is 13.8. The maximum absolute atomic E-state index is 12.8. The predicted octanol–water partition coefficient (Wildman–Crippen LogP) is 1.54. The number of rotatable bonds is 7. The van der Waals surface area contributed by atoms with E-state index in [1.165, 1.54) is 16.8 Å². The largest absolute Gasteiger partial charge is 0.383 e. The lowest BCUT2D eigenvalue weighted by molar-refractivity contribution is 0.0618. The number of methoxy groups -OCH3 is 1. The topological polar surface area (TPSA) is 64.4 Å². The zero-order valence-corrected chi connectivity index (χ0v) is 13.8. The molecule has 6 heteroatoms. The van der Waals surface area contributed by atoms with Crippen LogP contribution in [0.4, 0.5) is 0 Å². The Labute approximate surface area is 131 Å². The van der Waals surface area contributed by atoms with Gasteiger partial charge in [-0.3, -0.25) is 9.59 Å². The van der Waals surface area contributed by atoms with Crippen molar-refractivity contribution < 1.29 is 9.53 Å². The summed E-state index contributed by atoms with van der Waals surface area (Å²) in [5, 5.41) is 4.22. The molecule has 1 saturated carbocycles. The first kappa shape index (κ1) is 16.7. The van der Waals surface area contributed by atoms with Gasteiger partial charge in [0.05, 0.1) is 13.2 Å². The van der Waals surface area contributed by atoms with E-state index in [1.807, 2.05) is 4.90 Å². The molecule has 122 valence electrons. The fraction of sp³-hybridized carbons (Fsp3) is 0.688. The highest BCUT2D eigenvalue weighted by Gasteiger charge is 2.37. The van der Waals surface area contributed by atoms with Crippen LogP contribution in [0.1, 0.15) is 44.1 Å². The molecule has 0 saturated heterocycles. The van der Waals surface area contributed by atoms with Gasteiger partial charge in [0.1, 0.15) is 5.69 Å². The summed E-state index contributed by atoms with van der Waals surface area (Å²) in [5.41, 5.74) is 0.110. The van der Waals surface area contributed by atoms with Gasteiger partial charge in [0, 0.05) is 25.3 Å². The molecule has 1 aromatic rings. The van der Waals surface area contributed by atoms with Gasteiger partial charge in [0.2, 0.25) is 0 Å². The lowest BCUT2D eigenvalue weighted by Crippen LogP contribution is -2.44. The number of ether oxygens (including phenoxy) is 1. The minimum Gasteiger partial charge on any atom is -0.383 e. The average Bonchev–Trinajstić information content (AvgIpc) is 3.31. The van der Waals surface area contributed by atoms with Gasteiger partial charge in [-0.05, 0) is 31.7 Å². The molecular formula is C16H25N3O3. The number of aromatic nitrogens is 2. The molecule has 0 N–H and O–H groups in total. The third-order valence-electron chi connectivity index (χ3n) is 4.17. The quantitative estimate of drug-likeness (QED) is 0.766. The van der Waals surface area contributed by atoms with Gasteiger partial charge in [-0.25, -0.2) is 4.68 Å². The molecule has 1 amide bonds. The van der Waals surface area contributed by atoms with Gasteiger partial charge in [-0.2, -0.15) is 5.10 Å². The molecule has 0 aromatic carbocycles. The van der Waals surface area contributed by atoms with Crippen LogP contribution in [0.15, 0.2) is 16.9 Å². The Morgan fingerprint density at radius 1 is 1.41 bits per heavy atom. The first-order valence-corrected chi connectivity index (χ1v) is 7.85. The summed E-state index contributed by atoms with van der Waals surface area (Å²) in [7, 11) is 1.57. The molecule has 2 rings (SSSR count). The molecule has 0 bridgehead atoms. The van der Waals surface area contributed by atoms with Crippen LogP contribution in [0.25, 0.3) is 0 Å². The van der Waals surface area contributed by atoms with Crippen molar-refractivity contribution >= 4 is 5.91 Å². The van der Waals surface area contributed by atoms with E-state index in [4.69, 9.17) is 4.74 Å². The Morgan fingerprint density at radius 3 is 2.64 bits per heavy atom. The fourth-order valence-corrected chi connectivity index (χ4v) is 2.39. The maximum atomic E-state index is 12.8. The maximum Gasteiger partial charge on any atom is 0.274 e. The average molecular weight is 307 g/mol. The van der Waals surface area contributed by atoms with E-state index >= 15 is 0 Å². The minimum atomic E-state index is -0.219. The summed E-state index contributed by atoms with van der Waals surface area (Å²) < 4.78 is 6.26. The van der Waals surface area contributed by atoms with E-state index in [0.29, 0.717) is 30.8 Å². The Hall–Kier alpha value is -1.69. The smallest absolute Gasteiger partial charge is 0.274 e. The van der Waals surface area contributed by atoms with Crippen molar-refractivity contribution in [2.24, 2.45) is 5.92 Å². The van der Waals surface area contributed by atoms with Gasteiger partial charge in [0.15, 0.2) is 0 Å². The van der Waals surface area contributed by atoms with E-state index in [2.05, 4.69) is 25.9 Å². The number of carbonyl (C=O) groups is 1. The molecule has 1 aliphatic carbocycles. The van der Waals surface area contributed by atoms with E-state index in [-0.39, 0.29) is 17.5 Å². The molecule has 0 spiro atoms. The van der Waals surface area contributed by atoms with E-state index in [1.54, 1.807) is 7.11 Å². The van der Waals surface area contributed by atoms with E-state index in [9.17, 15) is 9.59 Å². The van der Waals surface area contributed by atoms with Crippen LogP contribution in [0, 0.1) is 5.92 Å². The van der Waals surface area contributed by atoms with Gasteiger partial charge in [-0.1, -0.05) is 13.8 Å². The van der Waals surface area contributed by atoms with Crippen molar-refractivity contribution in [3.63, 3.8) is 0 Å². The van der Waals surface area contributed by atoms with Crippen molar-refractivity contribution in [3.8, 4) is 0 Å². The molecule has 0 unspecified atom stereocenters.